The van der Waals surface area contributed by atoms with E-state index in [0.717, 1.165) is 23.1 Å². The van der Waals surface area contributed by atoms with Gasteiger partial charge in [0.05, 0.1) is 0 Å². The predicted molar refractivity (Wildman–Crippen MR) is 97.0 cm³/mol. The summed E-state index contributed by atoms with van der Waals surface area (Å²) in [6.45, 7) is 3.81. The molecule has 6 heteroatoms. The summed E-state index contributed by atoms with van der Waals surface area (Å²) in [5.74, 6) is 0. The van der Waals surface area contributed by atoms with Crippen LogP contribution in [-0.2, 0) is 23.3 Å². The molecule has 24 heavy (non-hydrogen) atoms. The van der Waals surface area contributed by atoms with Crippen LogP contribution in [0.4, 0.5) is 0 Å². The zero-order chi connectivity index (χ0) is 17.2. The largest absolute Gasteiger partial charge is 0.282 e. The van der Waals surface area contributed by atoms with Crippen molar-refractivity contribution in [2.45, 2.75) is 26.4 Å². The van der Waals surface area contributed by atoms with Crippen LogP contribution in [0.5, 0.6) is 0 Å². The number of hydrogen-bond donors (Lipinski definition) is 0. The van der Waals surface area contributed by atoms with E-state index >= 15 is 0 Å². The second kappa shape index (κ2) is 7.23. The Bertz CT molecular complexity index is 823. The zero-order valence-electron chi connectivity index (χ0n) is 13.7. The van der Waals surface area contributed by atoms with E-state index in [2.05, 4.69) is 0 Å². The molecular formula is C18H21ClN2O2S. The molecule has 2 aromatic rings. The minimum absolute atomic E-state index is 0.312. The van der Waals surface area contributed by atoms with Gasteiger partial charge in [0.25, 0.3) is 10.2 Å². The van der Waals surface area contributed by atoms with Crippen molar-refractivity contribution in [2.24, 2.45) is 0 Å². The van der Waals surface area contributed by atoms with Crippen LogP contribution in [0.3, 0.4) is 0 Å². The first-order valence-electron chi connectivity index (χ1n) is 8.01. The van der Waals surface area contributed by atoms with Gasteiger partial charge in [-0.15, -0.1) is 0 Å². The molecule has 0 atom stereocenters. The van der Waals surface area contributed by atoms with Gasteiger partial charge in [-0.25, -0.2) is 0 Å². The third-order valence-corrected chi connectivity index (χ3v) is 6.51. The Balaban J connectivity index is 1.79. The van der Waals surface area contributed by atoms with Crippen molar-refractivity contribution in [3.63, 3.8) is 0 Å². The van der Waals surface area contributed by atoms with Crippen molar-refractivity contribution in [3.05, 3.63) is 70.2 Å². The molecule has 0 radical (unpaired) electrons. The second-order valence-electron chi connectivity index (χ2n) is 6.11. The summed E-state index contributed by atoms with van der Waals surface area (Å²) in [7, 11) is -3.48. The van der Waals surface area contributed by atoms with Crippen molar-refractivity contribution in [1.82, 2.24) is 8.61 Å². The molecule has 0 spiro atoms. The molecule has 3 rings (SSSR count). The average Bonchev–Trinajstić information content (AvgIpc) is 2.53. The van der Waals surface area contributed by atoms with Gasteiger partial charge in [0.15, 0.2) is 0 Å². The summed E-state index contributed by atoms with van der Waals surface area (Å²) in [5, 5.41) is 0.600. The molecule has 0 aliphatic carbocycles. The third-order valence-electron chi connectivity index (χ3n) is 4.21. The molecule has 1 aliphatic heterocycles. The van der Waals surface area contributed by atoms with Gasteiger partial charge in [-0.3, -0.25) is 0 Å². The highest BCUT2D eigenvalue weighted by Gasteiger charge is 2.33. The molecule has 1 heterocycles. The first kappa shape index (κ1) is 17.4. The fourth-order valence-electron chi connectivity index (χ4n) is 2.97. The van der Waals surface area contributed by atoms with Crippen molar-refractivity contribution in [1.29, 1.82) is 0 Å². The Kier molecular flexibility index (Phi) is 5.25. The quantitative estimate of drug-likeness (QED) is 0.831. The van der Waals surface area contributed by atoms with Gasteiger partial charge in [0.2, 0.25) is 0 Å². The molecule has 0 aromatic heterocycles. The van der Waals surface area contributed by atoms with Crippen molar-refractivity contribution < 1.29 is 8.42 Å². The van der Waals surface area contributed by atoms with Crippen LogP contribution in [0.25, 0.3) is 0 Å². The minimum Gasteiger partial charge on any atom is -0.195 e. The number of rotatable bonds is 4. The molecule has 0 unspecified atom stereocenters. The van der Waals surface area contributed by atoms with E-state index in [9.17, 15) is 8.42 Å². The van der Waals surface area contributed by atoms with Crippen LogP contribution >= 0.6 is 11.6 Å². The van der Waals surface area contributed by atoms with E-state index in [4.69, 9.17) is 11.6 Å². The molecule has 4 nitrogen and oxygen atoms in total. The average molecular weight is 365 g/mol. The zero-order valence-corrected chi connectivity index (χ0v) is 15.2. The Labute approximate surface area is 148 Å². The molecule has 0 bridgehead atoms. The van der Waals surface area contributed by atoms with Crippen LogP contribution < -0.4 is 0 Å². The van der Waals surface area contributed by atoms with Crippen molar-refractivity contribution >= 4 is 21.8 Å². The first-order valence-corrected chi connectivity index (χ1v) is 9.78. The summed E-state index contributed by atoms with van der Waals surface area (Å²) < 4.78 is 28.9. The van der Waals surface area contributed by atoms with Gasteiger partial charge in [-0.2, -0.15) is 17.0 Å². The number of hydrogen-bond acceptors (Lipinski definition) is 2. The van der Waals surface area contributed by atoms with Gasteiger partial charge in [-0.1, -0.05) is 59.6 Å². The maximum atomic E-state index is 12.9. The topological polar surface area (TPSA) is 40.6 Å². The highest BCUT2D eigenvalue weighted by atomic mass is 35.5. The van der Waals surface area contributed by atoms with E-state index < -0.39 is 10.2 Å². The molecule has 1 aliphatic rings. The van der Waals surface area contributed by atoms with E-state index in [1.807, 2.05) is 49.4 Å². The summed E-state index contributed by atoms with van der Waals surface area (Å²) in [6.07, 6.45) is 0.815. The molecule has 1 saturated heterocycles. The van der Waals surface area contributed by atoms with E-state index in [1.54, 1.807) is 10.4 Å². The highest BCUT2D eigenvalue weighted by Crippen LogP contribution is 2.24. The lowest BCUT2D eigenvalue weighted by molar-refractivity contribution is 0.276. The highest BCUT2D eigenvalue weighted by molar-refractivity contribution is 7.86. The molecule has 2 aromatic carbocycles. The number of benzene rings is 2. The van der Waals surface area contributed by atoms with Crippen LogP contribution in [0.15, 0.2) is 48.5 Å². The summed E-state index contributed by atoms with van der Waals surface area (Å²) >= 11 is 6.19. The summed E-state index contributed by atoms with van der Waals surface area (Å²) in [5.41, 5.74) is 2.98. The van der Waals surface area contributed by atoms with Gasteiger partial charge in [0, 0.05) is 31.2 Å². The third kappa shape index (κ3) is 3.81. The Morgan fingerprint density at radius 1 is 1.00 bits per heavy atom. The fourth-order valence-corrected chi connectivity index (χ4v) is 4.83. The lowest BCUT2D eigenvalue weighted by Gasteiger charge is -2.34. The minimum atomic E-state index is -3.48. The van der Waals surface area contributed by atoms with Gasteiger partial charge >= 0.3 is 0 Å². The standard InChI is InChI=1S/C18H21ClN2O2S/c1-15-6-4-7-16(12-15)13-20-10-5-11-21(24(20,22)23)14-17-8-2-3-9-18(17)19/h2-4,6-9,12H,5,10-11,13-14H2,1H3. The summed E-state index contributed by atoms with van der Waals surface area (Å²) in [6, 6.07) is 15.4. The number of nitrogens with zero attached hydrogens (tertiary/aromatic N) is 2. The van der Waals surface area contributed by atoms with Crippen LogP contribution in [0.1, 0.15) is 23.1 Å². The Morgan fingerprint density at radius 2 is 1.71 bits per heavy atom. The van der Waals surface area contributed by atoms with Crippen LogP contribution in [0.2, 0.25) is 5.02 Å². The molecule has 1 fully saturated rings. The van der Waals surface area contributed by atoms with Crippen LogP contribution in [-0.4, -0.2) is 30.1 Å². The predicted octanol–water partition coefficient (Wildman–Crippen LogP) is 3.60. The van der Waals surface area contributed by atoms with Crippen LogP contribution in [0, 0.1) is 6.92 Å². The fraction of sp³-hybridized carbons (Fsp3) is 0.333. The first-order chi connectivity index (χ1) is 11.5. The number of aryl methyl sites for hydroxylation is 1. The molecule has 0 amide bonds. The molecule has 0 saturated carbocycles. The number of halogens is 1. The monoisotopic (exact) mass is 364 g/mol. The van der Waals surface area contributed by atoms with E-state index in [0.29, 0.717) is 31.2 Å². The molecule has 128 valence electrons. The molecular weight excluding hydrogens is 344 g/mol. The SMILES string of the molecule is Cc1cccc(CN2CCCN(Cc3ccccc3Cl)S2(=O)=O)c1. The maximum absolute atomic E-state index is 12.9. The van der Waals surface area contributed by atoms with Gasteiger partial charge < -0.3 is 0 Å². The van der Waals surface area contributed by atoms with Gasteiger partial charge in [0.1, 0.15) is 0 Å². The van der Waals surface area contributed by atoms with E-state index in [1.165, 1.54) is 4.31 Å². The normalized spacial score (nSPS) is 18.6. The van der Waals surface area contributed by atoms with Crippen molar-refractivity contribution in [2.75, 3.05) is 13.1 Å². The van der Waals surface area contributed by atoms with Gasteiger partial charge in [-0.05, 0) is 30.5 Å². The van der Waals surface area contributed by atoms with Crippen molar-refractivity contribution in [3.8, 4) is 0 Å². The smallest absolute Gasteiger partial charge is 0.195 e. The lowest BCUT2D eigenvalue weighted by atomic mass is 10.1. The Hall–Kier alpha value is -1.40. The Morgan fingerprint density at radius 3 is 2.42 bits per heavy atom. The molecule has 0 N–H and O–H groups in total. The maximum Gasteiger partial charge on any atom is 0.282 e. The second-order valence-corrected chi connectivity index (χ2v) is 8.44. The summed E-state index contributed by atoms with van der Waals surface area (Å²) in [4.78, 5) is 0. The van der Waals surface area contributed by atoms with E-state index in [-0.39, 0.29) is 0 Å². The lowest BCUT2D eigenvalue weighted by Crippen LogP contribution is -2.48.